The van der Waals surface area contributed by atoms with Gasteiger partial charge in [-0.3, -0.25) is 19.7 Å². The largest absolute Gasteiger partial charge is 0.493 e. The van der Waals surface area contributed by atoms with E-state index in [0.29, 0.717) is 66.2 Å². The summed E-state index contributed by atoms with van der Waals surface area (Å²) in [5.74, 6) is 0.653. The normalized spacial score (nSPS) is 25.1. The predicted molar refractivity (Wildman–Crippen MR) is 188 cm³/mol. The van der Waals surface area contributed by atoms with E-state index in [9.17, 15) is 4.79 Å². The van der Waals surface area contributed by atoms with Gasteiger partial charge in [-0.1, -0.05) is 68.3 Å². The lowest BCUT2D eigenvalue weighted by Gasteiger charge is -2.49. The molecule has 1 aromatic carbocycles. The van der Waals surface area contributed by atoms with Crippen LogP contribution in [0.4, 0.5) is 4.79 Å². The van der Waals surface area contributed by atoms with E-state index in [1.54, 1.807) is 6.20 Å². The van der Waals surface area contributed by atoms with Gasteiger partial charge in [0, 0.05) is 58.5 Å². The molecule has 3 N–H and O–H groups in total. The van der Waals surface area contributed by atoms with Crippen molar-refractivity contribution in [3.05, 3.63) is 81.6 Å². The molecule has 3 amide bonds. The SMILES string of the molecule is CCOc1cc(C(C)(C)C)ncc1C1=N[C@@](C)(C2C=CC(Cl)=CC2)[C@@](C)(c2ccc(Cl)cc2)N1C(=O)N1CCC(NCC(N)=O)CC1. The second-order valence-corrected chi connectivity index (χ2v) is 14.8. The van der Waals surface area contributed by atoms with Crippen LogP contribution in [-0.2, 0) is 15.7 Å². The number of benzene rings is 1. The van der Waals surface area contributed by atoms with Crippen LogP contribution in [0.5, 0.6) is 5.75 Å². The Morgan fingerprint density at radius 3 is 2.38 bits per heavy atom. The first-order valence-corrected chi connectivity index (χ1v) is 17.1. The number of rotatable bonds is 8. The Morgan fingerprint density at radius 1 is 1.13 bits per heavy atom. The van der Waals surface area contributed by atoms with E-state index in [4.69, 9.17) is 43.6 Å². The minimum atomic E-state index is -0.954. The Labute approximate surface area is 288 Å². The van der Waals surface area contributed by atoms with E-state index in [1.807, 2.05) is 59.2 Å². The van der Waals surface area contributed by atoms with E-state index in [-0.39, 0.29) is 30.0 Å². The number of primary amides is 1. The summed E-state index contributed by atoms with van der Waals surface area (Å²) in [4.78, 5) is 40.6. The maximum atomic E-state index is 15.1. The number of allylic oxidation sites excluding steroid dienone is 3. The van der Waals surface area contributed by atoms with Crippen molar-refractivity contribution in [1.82, 2.24) is 20.1 Å². The summed E-state index contributed by atoms with van der Waals surface area (Å²) >= 11 is 12.8. The van der Waals surface area contributed by atoms with Crippen LogP contribution in [0.1, 0.15) is 77.6 Å². The molecule has 0 saturated carbocycles. The van der Waals surface area contributed by atoms with E-state index in [2.05, 4.69) is 46.0 Å². The van der Waals surface area contributed by atoms with Crippen molar-refractivity contribution in [2.45, 2.75) is 83.3 Å². The average molecular weight is 682 g/mol. The first-order chi connectivity index (χ1) is 22.2. The summed E-state index contributed by atoms with van der Waals surface area (Å²) in [5, 5.41) is 4.51. The highest BCUT2D eigenvalue weighted by molar-refractivity contribution is 6.31. The van der Waals surface area contributed by atoms with Crippen molar-refractivity contribution in [3.8, 4) is 5.75 Å². The third-order valence-corrected chi connectivity index (χ3v) is 10.4. The zero-order chi connectivity index (χ0) is 34.1. The zero-order valence-corrected chi connectivity index (χ0v) is 29.7. The van der Waals surface area contributed by atoms with Crippen molar-refractivity contribution in [1.29, 1.82) is 0 Å². The highest BCUT2D eigenvalue weighted by atomic mass is 35.5. The Kier molecular flexibility index (Phi) is 10.1. The molecule has 252 valence electrons. The number of carbonyl (C=O) groups is 2. The van der Waals surface area contributed by atoms with Gasteiger partial charge in [0.05, 0.1) is 29.8 Å². The Bertz CT molecular complexity index is 1590. The van der Waals surface area contributed by atoms with Crippen LogP contribution in [0, 0.1) is 5.92 Å². The van der Waals surface area contributed by atoms with Gasteiger partial charge in [0.2, 0.25) is 5.91 Å². The number of hydrogen-bond donors (Lipinski definition) is 2. The van der Waals surface area contributed by atoms with Gasteiger partial charge in [0.15, 0.2) is 0 Å². The summed E-state index contributed by atoms with van der Waals surface area (Å²) in [5.41, 5.74) is 5.81. The number of aliphatic imine (C=N–C) groups is 1. The predicted octanol–water partition coefficient (Wildman–Crippen LogP) is 6.53. The molecule has 2 aliphatic heterocycles. The molecule has 1 aliphatic carbocycles. The molecule has 0 radical (unpaired) electrons. The number of likely N-dealkylation sites (tertiary alicyclic amines) is 1. The van der Waals surface area contributed by atoms with Gasteiger partial charge in [0.25, 0.3) is 0 Å². The van der Waals surface area contributed by atoms with Crippen molar-refractivity contribution >= 4 is 41.0 Å². The van der Waals surface area contributed by atoms with E-state index in [1.165, 1.54) is 0 Å². The topological polar surface area (TPSA) is 113 Å². The highest BCUT2D eigenvalue weighted by Crippen LogP contribution is 2.54. The Morgan fingerprint density at radius 2 is 1.81 bits per heavy atom. The number of amidine groups is 1. The van der Waals surface area contributed by atoms with Crippen LogP contribution in [0.15, 0.2) is 64.8 Å². The second kappa shape index (κ2) is 13.6. The number of nitrogens with zero attached hydrogens (tertiary/aromatic N) is 4. The van der Waals surface area contributed by atoms with Crippen LogP contribution in [0.3, 0.4) is 0 Å². The third kappa shape index (κ3) is 6.80. The van der Waals surface area contributed by atoms with E-state index >= 15 is 4.79 Å². The molecular formula is C36H46Cl2N6O3. The van der Waals surface area contributed by atoms with E-state index < -0.39 is 17.0 Å². The van der Waals surface area contributed by atoms with Crippen molar-refractivity contribution in [2.24, 2.45) is 16.6 Å². The molecule has 1 fully saturated rings. The minimum Gasteiger partial charge on any atom is -0.493 e. The van der Waals surface area contributed by atoms with Gasteiger partial charge in [-0.15, -0.1) is 0 Å². The summed E-state index contributed by atoms with van der Waals surface area (Å²) in [6, 6.07) is 9.59. The molecule has 1 saturated heterocycles. The molecular weight excluding hydrogens is 635 g/mol. The van der Waals surface area contributed by atoms with Gasteiger partial charge >= 0.3 is 6.03 Å². The molecule has 0 spiro atoms. The molecule has 11 heteroatoms. The summed E-state index contributed by atoms with van der Waals surface area (Å²) in [7, 11) is 0. The molecule has 5 rings (SSSR count). The van der Waals surface area contributed by atoms with Crippen molar-refractivity contribution in [2.75, 3.05) is 26.2 Å². The number of carbonyl (C=O) groups excluding carboxylic acids is 2. The van der Waals surface area contributed by atoms with Gasteiger partial charge < -0.3 is 20.7 Å². The number of aromatic nitrogens is 1. The standard InChI is InChI=1S/C36H46Cl2N6O3/c1-7-47-29-20-30(34(2,3)4)41-21-28(29)32-42-35(5,23-8-12-25(37)13-9-23)36(6,24-10-14-26(38)15-11-24)44(32)33(46)43-18-16-27(17-19-43)40-22-31(39)45/h8,10-15,20-21,23,27,40H,7,9,16-19,22H2,1-6H3,(H2,39,45)/t23?,35-,36+/m0/s1. The van der Waals surface area contributed by atoms with Crippen molar-refractivity contribution < 1.29 is 14.3 Å². The molecule has 0 bridgehead atoms. The fourth-order valence-corrected chi connectivity index (χ4v) is 7.17. The van der Waals surface area contributed by atoms with E-state index in [0.717, 1.165) is 11.3 Å². The van der Waals surface area contributed by atoms with Crippen LogP contribution in [0.25, 0.3) is 0 Å². The summed E-state index contributed by atoms with van der Waals surface area (Å²) in [6.45, 7) is 14.1. The fraction of sp³-hybridized carbons (Fsp3) is 0.500. The lowest BCUT2D eigenvalue weighted by Crippen LogP contribution is -2.62. The second-order valence-electron chi connectivity index (χ2n) is 13.9. The summed E-state index contributed by atoms with van der Waals surface area (Å²) in [6.07, 6.45) is 9.86. The number of nitrogens with one attached hydrogen (secondary N) is 1. The summed E-state index contributed by atoms with van der Waals surface area (Å²) < 4.78 is 6.26. The van der Waals surface area contributed by atoms with Gasteiger partial charge in [-0.2, -0.15) is 0 Å². The van der Waals surface area contributed by atoms with Gasteiger partial charge in [-0.25, -0.2) is 4.79 Å². The monoisotopic (exact) mass is 680 g/mol. The smallest absolute Gasteiger partial charge is 0.326 e. The number of halogens is 2. The van der Waals surface area contributed by atoms with Crippen LogP contribution in [-0.4, -0.2) is 70.4 Å². The first-order valence-electron chi connectivity index (χ1n) is 16.3. The molecule has 3 atom stereocenters. The fourth-order valence-electron chi connectivity index (χ4n) is 6.88. The number of pyridine rings is 1. The van der Waals surface area contributed by atoms with Crippen LogP contribution >= 0.6 is 23.2 Å². The quantitative estimate of drug-likeness (QED) is 0.329. The average Bonchev–Trinajstić information content (AvgIpc) is 3.28. The number of amides is 3. The Balaban J connectivity index is 1.68. The first kappa shape index (κ1) is 34.9. The lowest BCUT2D eigenvalue weighted by molar-refractivity contribution is -0.117. The molecule has 1 aromatic heterocycles. The highest BCUT2D eigenvalue weighted by Gasteiger charge is 2.62. The number of ether oxygens (including phenoxy) is 1. The van der Waals surface area contributed by atoms with Crippen LogP contribution in [0.2, 0.25) is 5.02 Å². The van der Waals surface area contributed by atoms with Gasteiger partial charge in [0.1, 0.15) is 11.6 Å². The molecule has 3 aliphatic rings. The maximum absolute atomic E-state index is 15.1. The molecule has 1 unspecified atom stereocenters. The van der Waals surface area contributed by atoms with Crippen molar-refractivity contribution in [3.63, 3.8) is 0 Å². The lowest BCUT2D eigenvalue weighted by atomic mass is 9.66. The Hall–Kier alpha value is -3.40. The number of hydrogen-bond acceptors (Lipinski definition) is 6. The van der Waals surface area contributed by atoms with Gasteiger partial charge in [-0.05, 0) is 63.8 Å². The molecule has 2 aromatic rings. The number of piperidine rings is 1. The maximum Gasteiger partial charge on any atom is 0.326 e. The minimum absolute atomic E-state index is 0.0837. The number of nitrogens with two attached hydrogens (primary N) is 1. The molecule has 9 nitrogen and oxygen atoms in total. The zero-order valence-electron chi connectivity index (χ0n) is 28.1. The molecule has 47 heavy (non-hydrogen) atoms. The number of urea groups is 1. The van der Waals surface area contributed by atoms with Crippen LogP contribution < -0.4 is 15.8 Å². The molecule has 3 heterocycles. The third-order valence-electron chi connectivity index (χ3n) is 9.86.